The average Bonchev–Trinajstić information content (AvgIpc) is 3.33. The summed E-state index contributed by atoms with van der Waals surface area (Å²) in [6.07, 6.45) is 0.699. The summed E-state index contributed by atoms with van der Waals surface area (Å²) in [5, 5.41) is 14.3. The SMILES string of the molecule is CC(=O)N[C@@H](Cc1ccc(N2CC(=O)NS2(=O)=O)c(C)c1)C(=O)O.CC(=O)N[C@H](C)Cc1ccc(N2CC(=O)NS2(=O)=O)c(C)c1. The summed E-state index contributed by atoms with van der Waals surface area (Å²) in [4.78, 5) is 55.9. The number of amides is 4. The highest BCUT2D eigenvalue weighted by Gasteiger charge is 2.36. The van der Waals surface area contributed by atoms with Crippen LogP contribution in [-0.4, -0.2) is 76.7 Å². The highest BCUT2D eigenvalue weighted by molar-refractivity contribution is 7.92. The van der Waals surface area contributed by atoms with Crippen molar-refractivity contribution in [3.8, 4) is 0 Å². The summed E-state index contributed by atoms with van der Waals surface area (Å²) >= 11 is 0. The van der Waals surface area contributed by atoms with Gasteiger partial charge in [0, 0.05) is 26.3 Å². The molecule has 2 saturated heterocycles. The largest absolute Gasteiger partial charge is 0.480 e. The summed E-state index contributed by atoms with van der Waals surface area (Å²) in [6, 6.07) is 8.97. The molecule has 4 rings (SSSR count). The Morgan fingerprint density at radius 2 is 1.20 bits per heavy atom. The number of nitrogens with one attached hydrogen (secondary N) is 4. The zero-order valence-electron chi connectivity index (χ0n) is 25.8. The van der Waals surface area contributed by atoms with E-state index < -0.39 is 50.2 Å². The van der Waals surface area contributed by atoms with Crippen molar-refractivity contribution in [1.82, 2.24) is 20.1 Å². The van der Waals surface area contributed by atoms with Crippen LogP contribution in [0.4, 0.5) is 11.4 Å². The molecule has 0 aliphatic carbocycles. The van der Waals surface area contributed by atoms with E-state index in [1.54, 1.807) is 38.1 Å². The smallest absolute Gasteiger partial charge is 0.326 e. The summed E-state index contributed by atoms with van der Waals surface area (Å²) in [5.41, 5.74) is 3.75. The summed E-state index contributed by atoms with van der Waals surface area (Å²) in [6.45, 7) is 7.54. The van der Waals surface area contributed by atoms with Crippen molar-refractivity contribution in [3.05, 3.63) is 58.7 Å². The second kappa shape index (κ2) is 14.2. The molecular weight excluding hydrogens is 644 g/mol. The maximum Gasteiger partial charge on any atom is 0.326 e. The second-order valence-electron chi connectivity index (χ2n) is 10.9. The Balaban J connectivity index is 0.000000251. The topological polar surface area (TPSA) is 228 Å². The number of aryl methyl sites for hydroxylation is 2. The van der Waals surface area contributed by atoms with E-state index in [1.165, 1.54) is 19.9 Å². The number of carboxylic acids is 1. The normalized spacial score (nSPS) is 17.6. The minimum atomic E-state index is -3.89. The number of anilines is 2. The molecule has 2 aliphatic rings. The summed E-state index contributed by atoms with van der Waals surface area (Å²) in [7, 11) is -7.68. The Morgan fingerprint density at radius 1 is 0.783 bits per heavy atom. The van der Waals surface area contributed by atoms with Crippen LogP contribution in [0.3, 0.4) is 0 Å². The van der Waals surface area contributed by atoms with E-state index in [0.717, 1.165) is 19.7 Å². The average molecular weight is 681 g/mol. The molecule has 16 nitrogen and oxygen atoms in total. The van der Waals surface area contributed by atoms with Crippen molar-refractivity contribution < 1.29 is 45.9 Å². The van der Waals surface area contributed by atoms with Crippen LogP contribution in [0.1, 0.15) is 43.0 Å². The fourth-order valence-corrected chi connectivity index (χ4v) is 7.43. The van der Waals surface area contributed by atoms with Gasteiger partial charge in [-0.3, -0.25) is 19.2 Å². The minimum Gasteiger partial charge on any atom is -0.480 e. The third-order valence-electron chi connectivity index (χ3n) is 6.81. The molecule has 2 aromatic carbocycles. The number of hydrogen-bond donors (Lipinski definition) is 5. The molecule has 2 aromatic rings. The molecule has 4 amide bonds. The molecule has 5 N–H and O–H groups in total. The van der Waals surface area contributed by atoms with Crippen LogP contribution in [0.15, 0.2) is 36.4 Å². The van der Waals surface area contributed by atoms with Crippen molar-refractivity contribution in [3.63, 3.8) is 0 Å². The van der Waals surface area contributed by atoms with Crippen LogP contribution in [-0.2, 0) is 57.2 Å². The molecule has 0 unspecified atom stereocenters. The van der Waals surface area contributed by atoms with Gasteiger partial charge in [0.15, 0.2) is 0 Å². The van der Waals surface area contributed by atoms with E-state index in [-0.39, 0.29) is 31.5 Å². The number of rotatable bonds is 9. The zero-order valence-corrected chi connectivity index (χ0v) is 27.4. The molecule has 46 heavy (non-hydrogen) atoms. The van der Waals surface area contributed by atoms with Crippen LogP contribution in [0.25, 0.3) is 0 Å². The first-order chi connectivity index (χ1) is 21.3. The van der Waals surface area contributed by atoms with Crippen LogP contribution in [0.2, 0.25) is 0 Å². The van der Waals surface area contributed by atoms with E-state index in [4.69, 9.17) is 5.11 Å². The van der Waals surface area contributed by atoms with Gasteiger partial charge in [-0.25, -0.2) is 22.8 Å². The number of hydrogen-bond acceptors (Lipinski definition) is 9. The molecule has 0 spiro atoms. The summed E-state index contributed by atoms with van der Waals surface area (Å²) < 4.78 is 53.3. The van der Waals surface area contributed by atoms with Crippen LogP contribution < -0.4 is 28.7 Å². The van der Waals surface area contributed by atoms with Gasteiger partial charge < -0.3 is 15.7 Å². The van der Waals surface area contributed by atoms with Gasteiger partial charge in [-0.15, -0.1) is 0 Å². The number of carbonyl (C=O) groups excluding carboxylic acids is 4. The molecule has 2 fully saturated rings. The van der Waals surface area contributed by atoms with Gasteiger partial charge in [0.1, 0.15) is 19.1 Å². The standard InChI is InChI=1S/C14H17N3O6S.C14H19N3O4S/c1-8-5-10(6-11(14(20)21)15-9(2)18)3-4-12(8)17-7-13(19)16-24(17,22)23;1-9-6-12(7-10(2)15-11(3)18)4-5-13(9)17-8-14(19)16-22(17,20)21/h3-5,11H,6-7H2,1-2H3,(H,15,18)(H,16,19)(H,20,21);4-6,10H,7-8H2,1-3H3,(H,15,18)(H,16,19)/t11-;10-/m01/s1. The quantitative estimate of drug-likeness (QED) is 0.229. The van der Waals surface area contributed by atoms with Gasteiger partial charge >= 0.3 is 26.4 Å². The highest BCUT2D eigenvalue weighted by Crippen LogP contribution is 2.27. The molecule has 0 saturated carbocycles. The van der Waals surface area contributed by atoms with Crippen LogP contribution >= 0.6 is 0 Å². The van der Waals surface area contributed by atoms with E-state index >= 15 is 0 Å². The Hall–Kier alpha value is -4.71. The molecule has 0 aromatic heterocycles. The Morgan fingerprint density at radius 3 is 1.52 bits per heavy atom. The van der Waals surface area contributed by atoms with Crippen molar-refractivity contribution in [1.29, 1.82) is 0 Å². The molecule has 0 bridgehead atoms. The second-order valence-corrected chi connectivity index (χ2v) is 14.1. The molecule has 18 heteroatoms. The monoisotopic (exact) mass is 680 g/mol. The highest BCUT2D eigenvalue weighted by atomic mass is 32.2. The van der Waals surface area contributed by atoms with E-state index in [2.05, 4.69) is 10.6 Å². The zero-order chi connectivity index (χ0) is 34.6. The van der Waals surface area contributed by atoms with Crippen molar-refractivity contribution in [2.75, 3.05) is 21.7 Å². The van der Waals surface area contributed by atoms with Gasteiger partial charge in [-0.05, 0) is 61.6 Å². The minimum absolute atomic E-state index is 0.0125. The van der Waals surface area contributed by atoms with E-state index in [0.29, 0.717) is 28.9 Å². The van der Waals surface area contributed by atoms with Crippen molar-refractivity contribution in [2.24, 2.45) is 0 Å². The fraction of sp³-hybridized carbons (Fsp3) is 0.393. The first-order valence-electron chi connectivity index (χ1n) is 13.9. The molecule has 2 heterocycles. The number of carboxylic acid groups (broad SMARTS) is 1. The third-order valence-corrected chi connectivity index (χ3v) is 9.59. The number of benzene rings is 2. The van der Waals surface area contributed by atoms with Gasteiger partial charge in [-0.1, -0.05) is 24.3 Å². The van der Waals surface area contributed by atoms with Gasteiger partial charge in [0.2, 0.25) is 11.8 Å². The number of aliphatic carboxylic acids is 1. The van der Waals surface area contributed by atoms with Gasteiger partial charge in [-0.2, -0.15) is 16.8 Å². The first-order valence-corrected chi connectivity index (χ1v) is 16.8. The third kappa shape index (κ3) is 9.16. The Labute approximate surface area is 266 Å². The maximum atomic E-state index is 11.9. The lowest BCUT2D eigenvalue weighted by Gasteiger charge is -2.19. The maximum absolute atomic E-state index is 11.9. The van der Waals surface area contributed by atoms with Crippen LogP contribution in [0, 0.1) is 13.8 Å². The van der Waals surface area contributed by atoms with Gasteiger partial charge in [0.25, 0.3) is 11.8 Å². The lowest BCUT2D eigenvalue weighted by atomic mass is 10.0. The lowest BCUT2D eigenvalue weighted by Crippen LogP contribution is -2.41. The van der Waals surface area contributed by atoms with Gasteiger partial charge in [0.05, 0.1) is 11.4 Å². The molecule has 2 aliphatic heterocycles. The molecular formula is C28H36N6O10S2. The first kappa shape index (κ1) is 35.8. The molecule has 250 valence electrons. The fourth-order valence-electron chi connectivity index (χ4n) is 5.00. The predicted molar refractivity (Wildman–Crippen MR) is 167 cm³/mol. The Bertz CT molecular complexity index is 1780. The Kier molecular flexibility index (Phi) is 11.0. The molecule has 2 atom stereocenters. The predicted octanol–water partition coefficient (Wildman–Crippen LogP) is -0.449. The number of nitrogens with zero attached hydrogens (tertiary/aromatic N) is 2. The lowest BCUT2D eigenvalue weighted by molar-refractivity contribution is -0.141. The van der Waals surface area contributed by atoms with Crippen molar-refractivity contribution >= 4 is 61.4 Å². The van der Waals surface area contributed by atoms with E-state index in [9.17, 15) is 40.8 Å². The van der Waals surface area contributed by atoms with E-state index in [1.807, 2.05) is 22.4 Å². The summed E-state index contributed by atoms with van der Waals surface area (Å²) in [5.74, 6) is -2.86. The van der Waals surface area contributed by atoms with Crippen LogP contribution in [0.5, 0.6) is 0 Å². The number of carbonyl (C=O) groups is 5. The van der Waals surface area contributed by atoms with Crippen molar-refractivity contribution in [2.45, 2.75) is 59.5 Å². The molecule has 0 radical (unpaired) electrons.